The van der Waals surface area contributed by atoms with Crippen molar-refractivity contribution in [2.45, 2.75) is 19.8 Å². The standard InChI is InChI=1S/C10H11F2NO3/c1-5-9(10(11)12)7(16-2)3-6(13-5)4-8(14)15/h3,10H,4H2,1-2H3,(H,14,15). The van der Waals surface area contributed by atoms with Crippen LogP contribution in [0.1, 0.15) is 23.4 Å². The highest BCUT2D eigenvalue weighted by Gasteiger charge is 2.19. The minimum atomic E-state index is -2.69. The van der Waals surface area contributed by atoms with Crippen molar-refractivity contribution in [2.75, 3.05) is 7.11 Å². The fourth-order valence-electron chi connectivity index (χ4n) is 1.40. The van der Waals surface area contributed by atoms with Crippen molar-refractivity contribution in [1.82, 2.24) is 4.98 Å². The van der Waals surface area contributed by atoms with E-state index in [1.54, 1.807) is 0 Å². The van der Waals surface area contributed by atoms with Crippen molar-refractivity contribution in [2.24, 2.45) is 0 Å². The van der Waals surface area contributed by atoms with Crippen molar-refractivity contribution in [3.63, 3.8) is 0 Å². The normalized spacial score (nSPS) is 10.6. The van der Waals surface area contributed by atoms with Crippen LogP contribution in [-0.2, 0) is 11.2 Å². The average Bonchev–Trinajstić information content (AvgIpc) is 2.14. The van der Waals surface area contributed by atoms with Crippen LogP contribution in [0, 0.1) is 6.92 Å². The van der Waals surface area contributed by atoms with Gasteiger partial charge >= 0.3 is 5.97 Å². The number of halogens is 2. The molecule has 16 heavy (non-hydrogen) atoms. The SMILES string of the molecule is COc1cc(CC(=O)O)nc(C)c1C(F)F. The summed E-state index contributed by atoms with van der Waals surface area (Å²) in [6.07, 6.45) is -3.01. The van der Waals surface area contributed by atoms with Crippen LogP contribution in [0.25, 0.3) is 0 Å². The van der Waals surface area contributed by atoms with Crippen LogP contribution in [0.5, 0.6) is 5.75 Å². The van der Waals surface area contributed by atoms with E-state index in [-0.39, 0.29) is 29.1 Å². The van der Waals surface area contributed by atoms with Crippen molar-refractivity contribution in [1.29, 1.82) is 0 Å². The Bertz CT molecular complexity index is 407. The lowest BCUT2D eigenvalue weighted by Crippen LogP contribution is -2.06. The number of carboxylic acid groups (broad SMARTS) is 1. The number of hydrogen-bond acceptors (Lipinski definition) is 3. The van der Waals surface area contributed by atoms with Gasteiger partial charge in [-0.05, 0) is 6.92 Å². The van der Waals surface area contributed by atoms with E-state index in [9.17, 15) is 13.6 Å². The van der Waals surface area contributed by atoms with Crippen LogP contribution in [0.15, 0.2) is 6.07 Å². The Balaban J connectivity index is 3.20. The van der Waals surface area contributed by atoms with Gasteiger partial charge in [-0.1, -0.05) is 0 Å². The van der Waals surface area contributed by atoms with Gasteiger partial charge in [-0.15, -0.1) is 0 Å². The molecule has 1 N–H and O–H groups in total. The van der Waals surface area contributed by atoms with Crippen LogP contribution in [0.4, 0.5) is 8.78 Å². The highest BCUT2D eigenvalue weighted by atomic mass is 19.3. The molecule has 1 rings (SSSR count). The maximum atomic E-state index is 12.6. The summed E-state index contributed by atoms with van der Waals surface area (Å²) >= 11 is 0. The summed E-state index contributed by atoms with van der Waals surface area (Å²) in [4.78, 5) is 14.3. The van der Waals surface area contributed by atoms with Crippen molar-refractivity contribution < 1.29 is 23.4 Å². The van der Waals surface area contributed by atoms with E-state index in [1.165, 1.54) is 20.1 Å². The summed E-state index contributed by atoms with van der Waals surface area (Å²) in [7, 11) is 1.26. The molecule has 0 atom stereocenters. The molecule has 4 nitrogen and oxygen atoms in total. The second kappa shape index (κ2) is 4.87. The summed E-state index contributed by atoms with van der Waals surface area (Å²) in [5, 5.41) is 8.57. The summed E-state index contributed by atoms with van der Waals surface area (Å²) in [5.74, 6) is -1.10. The third kappa shape index (κ3) is 2.65. The molecule has 0 aliphatic rings. The number of hydrogen-bond donors (Lipinski definition) is 1. The fourth-order valence-corrected chi connectivity index (χ4v) is 1.40. The zero-order valence-electron chi connectivity index (χ0n) is 8.83. The number of rotatable bonds is 4. The van der Waals surface area contributed by atoms with Gasteiger partial charge in [0.1, 0.15) is 5.75 Å². The van der Waals surface area contributed by atoms with E-state index in [1.807, 2.05) is 0 Å². The first-order valence-electron chi connectivity index (χ1n) is 4.50. The van der Waals surface area contributed by atoms with E-state index in [0.717, 1.165) is 0 Å². The average molecular weight is 231 g/mol. The van der Waals surface area contributed by atoms with Crippen LogP contribution >= 0.6 is 0 Å². The third-order valence-corrected chi connectivity index (χ3v) is 2.03. The zero-order chi connectivity index (χ0) is 12.3. The van der Waals surface area contributed by atoms with Crippen LogP contribution in [-0.4, -0.2) is 23.2 Å². The molecule has 0 amide bonds. The summed E-state index contributed by atoms with van der Waals surface area (Å²) in [6.45, 7) is 1.40. The number of methoxy groups -OCH3 is 1. The quantitative estimate of drug-likeness (QED) is 0.860. The number of ether oxygens (including phenoxy) is 1. The number of nitrogens with zero attached hydrogens (tertiary/aromatic N) is 1. The first-order valence-corrected chi connectivity index (χ1v) is 4.50. The van der Waals surface area contributed by atoms with Crippen LogP contribution in [0.3, 0.4) is 0 Å². The summed E-state index contributed by atoms with van der Waals surface area (Å²) in [6, 6.07) is 1.22. The molecule has 6 heteroatoms. The maximum Gasteiger partial charge on any atom is 0.309 e. The molecule has 0 saturated heterocycles. The number of pyridine rings is 1. The van der Waals surface area contributed by atoms with E-state index >= 15 is 0 Å². The molecular weight excluding hydrogens is 220 g/mol. The maximum absolute atomic E-state index is 12.6. The number of alkyl halides is 2. The first-order chi connectivity index (χ1) is 7.45. The monoisotopic (exact) mass is 231 g/mol. The largest absolute Gasteiger partial charge is 0.496 e. The minimum Gasteiger partial charge on any atom is -0.496 e. The van der Waals surface area contributed by atoms with Gasteiger partial charge in [0.05, 0.1) is 30.5 Å². The Labute approximate surface area is 90.9 Å². The molecule has 88 valence electrons. The number of aliphatic carboxylic acids is 1. The van der Waals surface area contributed by atoms with E-state index in [4.69, 9.17) is 9.84 Å². The minimum absolute atomic E-state index is 0.0289. The van der Waals surface area contributed by atoms with Gasteiger partial charge in [-0.3, -0.25) is 9.78 Å². The predicted molar refractivity (Wildman–Crippen MR) is 51.8 cm³/mol. The van der Waals surface area contributed by atoms with Crippen molar-refractivity contribution >= 4 is 5.97 Å². The predicted octanol–water partition coefficient (Wildman–Crippen LogP) is 1.96. The molecular formula is C10H11F2NO3. The Morgan fingerprint density at radius 3 is 2.69 bits per heavy atom. The van der Waals surface area contributed by atoms with Gasteiger partial charge in [0.2, 0.25) is 0 Å². The Morgan fingerprint density at radius 2 is 2.25 bits per heavy atom. The molecule has 0 aliphatic heterocycles. The lowest BCUT2D eigenvalue weighted by Gasteiger charge is -2.11. The molecule has 0 fully saturated rings. The van der Waals surface area contributed by atoms with Crippen LogP contribution in [0.2, 0.25) is 0 Å². The Hall–Kier alpha value is -1.72. The van der Waals surface area contributed by atoms with E-state index in [0.29, 0.717) is 0 Å². The van der Waals surface area contributed by atoms with E-state index in [2.05, 4.69) is 4.98 Å². The molecule has 0 unspecified atom stereocenters. The lowest BCUT2D eigenvalue weighted by molar-refractivity contribution is -0.136. The second-order valence-corrected chi connectivity index (χ2v) is 3.19. The molecule has 0 saturated carbocycles. The molecule has 0 aromatic carbocycles. The van der Waals surface area contributed by atoms with Gasteiger partial charge in [-0.2, -0.15) is 0 Å². The highest BCUT2D eigenvalue weighted by molar-refractivity contribution is 5.69. The fraction of sp³-hybridized carbons (Fsp3) is 0.400. The van der Waals surface area contributed by atoms with Gasteiger partial charge in [0, 0.05) is 6.07 Å². The number of aromatic nitrogens is 1. The molecule has 0 radical (unpaired) electrons. The molecule has 1 heterocycles. The molecule has 0 bridgehead atoms. The van der Waals surface area contributed by atoms with Crippen molar-refractivity contribution in [3.8, 4) is 5.75 Å². The summed E-state index contributed by atoms with van der Waals surface area (Å²) < 4.78 is 30.1. The van der Waals surface area contributed by atoms with Crippen molar-refractivity contribution in [3.05, 3.63) is 23.0 Å². The third-order valence-electron chi connectivity index (χ3n) is 2.03. The highest BCUT2D eigenvalue weighted by Crippen LogP contribution is 2.31. The molecule has 1 aromatic rings. The number of carboxylic acids is 1. The Kier molecular flexibility index (Phi) is 3.76. The Morgan fingerprint density at radius 1 is 1.62 bits per heavy atom. The van der Waals surface area contributed by atoms with Gasteiger partial charge in [0.25, 0.3) is 6.43 Å². The topological polar surface area (TPSA) is 59.4 Å². The van der Waals surface area contributed by atoms with Gasteiger partial charge in [0.15, 0.2) is 0 Å². The zero-order valence-corrected chi connectivity index (χ0v) is 8.83. The van der Waals surface area contributed by atoms with E-state index < -0.39 is 12.4 Å². The number of carbonyl (C=O) groups is 1. The molecule has 0 spiro atoms. The lowest BCUT2D eigenvalue weighted by atomic mass is 10.1. The summed E-state index contributed by atoms with van der Waals surface area (Å²) in [5.41, 5.74) is -0.00603. The smallest absolute Gasteiger partial charge is 0.309 e. The van der Waals surface area contributed by atoms with Crippen LogP contribution < -0.4 is 4.74 Å². The van der Waals surface area contributed by atoms with Gasteiger partial charge < -0.3 is 9.84 Å². The first kappa shape index (κ1) is 12.4. The number of aryl methyl sites for hydroxylation is 1. The second-order valence-electron chi connectivity index (χ2n) is 3.19. The molecule has 1 aromatic heterocycles. The van der Waals surface area contributed by atoms with Gasteiger partial charge in [-0.25, -0.2) is 8.78 Å². The molecule has 0 aliphatic carbocycles.